The minimum atomic E-state index is 0.305. The first kappa shape index (κ1) is 14.0. The van der Waals surface area contributed by atoms with Crippen molar-refractivity contribution in [1.29, 1.82) is 0 Å². The summed E-state index contributed by atoms with van der Waals surface area (Å²) in [4.78, 5) is 10.3. The van der Waals surface area contributed by atoms with Crippen molar-refractivity contribution in [2.24, 2.45) is 5.92 Å². The first-order valence-corrected chi connectivity index (χ1v) is 7.62. The Balaban J connectivity index is 2.24. The summed E-state index contributed by atoms with van der Waals surface area (Å²) < 4.78 is 0. The highest BCUT2D eigenvalue weighted by Crippen LogP contribution is 2.29. The van der Waals surface area contributed by atoms with Crippen LogP contribution >= 0.6 is 11.3 Å². The van der Waals surface area contributed by atoms with E-state index in [9.17, 15) is 0 Å². The topological polar surface area (TPSA) is 37.8 Å². The Kier molecular flexibility index (Phi) is 4.53. The highest BCUT2D eigenvalue weighted by atomic mass is 32.1. The van der Waals surface area contributed by atoms with E-state index < -0.39 is 0 Å². The van der Waals surface area contributed by atoms with Gasteiger partial charge in [-0.25, -0.2) is 9.97 Å². The van der Waals surface area contributed by atoms with Gasteiger partial charge in [0.25, 0.3) is 0 Å². The highest BCUT2D eigenvalue weighted by molar-refractivity contribution is 7.10. The molecule has 0 aliphatic heterocycles. The predicted octanol–water partition coefficient (Wildman–Crippen LogP) is 4.22. The summed E-state index contributed by atoms with van der Waals surface area (Å²) in [5.74, 6) is 2.27. The summed E-state index contributed by atoms with van der Waals surface area (Å²) in [5.41, 5.74) is 1.09. The van der Waals surface area contributed by atoms with Crippen LogP contribution in [-0.4, -0.2) is 9.97 Å². The summed E-state index contributed by atoms with van der Waals surface area (Å²) in [6, 6.07) is 6.63. The summed E-state index contributed by atoms with van der Waals surface area (Å²) in [7, 11) is 0. The molecule has 2 heterocycles. The van der Waals surface area contributed by atoms with Crippen molar-refractivity contribution in [2.75, 3.05) is 5.32 Å². The Morgan fingerprint density at radius 1 is 1.32 bits per heavy atom. The van der Waals surface area contributed by atoms with E-state index in [-0.39, 0.29) is 0 Å². The lowest BCUT2D eigenvalue weighted by molar-refractivity contribution is 0.551. The summed E-state index contributed by atoms with van der Waals surface area (Å²) in [6.07, 6.45) is 0.934. The molecule has 19 heavy (non-hydrogen) atoms. The maximum atomic E-state index is 4.50. The molecule has 0 spiro atoms. The van der Waals surface area contributed by atoms with E-state index in [1.54, 1.807) is 11.3 Å². The predicted molar refractivity (Wildman–Crippen MR) is 81.7 cm³/mol. The van der Waals surface area contributed by atoms with Crippen LogP contribution in [0.1, 0.15) is 43.2 Å². The second kappa shape index (κ2) is 6.15. The standard InChI is InChI=1S/C15H21N3S/c1-5-12-9-14(17-11(4)16-12)18-15(10(2)3)13-7-6-8-19-13/h6-10,15H,5H2,1-4H3,(H,16,17,18). The molecule has 0 aromatic carbocycles. The first-order valence-electron chi connectivity index (χ1n) is 6.74. The van der Waals surface area contributed by atoms with Crippen molar-refractivity contribution in [3.63, 3.8) is 0 Å². The lowest BCUT2D eigenvalue weighted by atomic mass is 10.0. The van der Waals surface area contributed by atoms with Crippen LogP contribution in [0.25, 0.3) is 0 Å². The van der Waals surface area contributed by atoms with Crippen molar-refractivity contribution >= 4 is 17.2 Å². The van der Waals surface area contributed by atoms with E-state index in [0.29, 0.717) is 12.0 Å². The van der Waals surface area contributed by atoms with Gasteiger partial charge in [-0.15, -0.1) is 11.3 Å². The molecule has 3 nitrogen and oxygen atoms in total. The lowest BCUT2D eigenvalue weighted by Gasteiger charge is -2.22. The molecule has 1 N–H and O–H groups in total. The SMILES string of the molecule is CCc1cc(NC(c2cccs2)C(C)C)nc(C)n1. The van der Waals surface area contributed by atoms with Crippen molar-refractivity contribution < 1.29 is 0 Å². The maximum absolute atomic E-state index is 4.50. The molecule has 0 fully saturated rings. The van der Waals surface area contributed by atoms with Gasteiger partial charge in [-0.1, -0.05) is 26.8 Å². The fourth-order valence-corrected chi connectivity index (χ4v) is 3.03. The van der Waals surface area contributed by atoms with E-state index in [1.807, 2.05) is 6.92 Å². The Hall–Kier alpha value is -1.42. The first-order chi connectivity index (χ1) is 9.10. The maximum Gasteiger partial charge on any atom is 0.130 e. The van der Waals surface area contributed by atoms with Crippen LogP contribution in [-0.2, 0) is 6.42 Å². The molecule has 0 bridgehead atoms. The largest absolute Gasteiger partial charge is 0.362 e. The Labute approximate surface area is 119 Å². The summed E-state index contributed by atoms with van der Waals surface area (Å²) >= 11 is 1.79. The van der Waals surface area contributed by atoms with Gasteiger partial charge in [-0.05, 0) is 30.7 Å². The number of nitrogens with zero attached hydrogens (tertiary/aromatic N) is 2. The lowest BCUT2D eigenvalue weighted by Crippen LogP contribution is -2.17. The van der Waals surface area contributed by atoms with Crippen molar-refractivity contribution in [1.82, 2.24) is 9.97 Å². The molecule has 102 valence electrons. The molecule has 0 aliphatic carbocycles. The van der Waals surface area contributed by atoms with E-state index in [0.717, 1.165) is 23.8 Å². The molecule has 0 aliphatic rings. The molecule has 0 amide bonds. The van der Waals surface area contributed by atoms with Crippen LogP contribution in [0, 0.1) is 12.8 Å². The van der Waals surface area contributed by atoms with Gasteiger partial charge in [0.1, 0.15) is 11.6 Å². The number of hydrogen-bond donors (Lipinski definition) is 1. The van der Waals surface area contributed by atoms with Gasteiger partial charge in [0, 0.05) is 16.6 Å². The molecule has 4 heteroatoms. The number of rotatable bonds is 5. The third-order valence-corrected chi connectivity index (χ3v) is 4.03. The Bertz CT molecular complexity index is 520. The number of hydrogen-bond acceptors (Lipinski definition) is 4. The zero-order valence-corrected chi connectivity index (χ0v) is 12.8. The molecule has 0 saturated carbocycles. The quantitative estimate of drug-likeness (QED) is 0.888. The third-order valence-electron chi connectivity index (χ3n) is 3.07. The zero-order chi connectivity index (χ0) is 13.8. The number of anilines is 1. The van der Waals surface area contributed by atoms with Crippen molar-refractivity contribution in [3.05, 3.63) is 40.0 Å². The smallest absolute Gasteiger partial charge is 0.130 e. The summed E-state index contributed by atoms with van der Waals surface area (Å²) in [6.45, 7) is 8.52. The number of nitrogens with one attached hydrogen (secondary N) is 1. The van der Waals surface area contributed by atoms with Gasteiger partial charge in [-0.3, -0.25) is 0 Å². The van der Waals surface area contributed by atoms with Crippen LogP contribution in [0.2, 0.25) is 0 Å². The van der Waals surface area contributed by atoms with Gasteiger partial charge < -0.3 is 5.32 Å². The Morgan fingerprint density at radius 2 is 2.11 bits per heavy atom. The number of aromatic nitrogens is 2. The Morgan fingerprint density at radius 3 is 2.68 bits per heavy atom. The van der Waals surface area contributed by atoms with Gasteiger partial charge >= 0.3 is 0 Å². The second-order valence-corrected chi connectivity index (χ2v) is 6.01. The fourth-order valence-electron chi connectivity index (χ4n) is 2.08. The van der Waals surface area contributed by atoms with E-state index >= 15 is 0 Å². The zero-order valence-electron chi connectivity index (χ0n) is 12.0. The second-order valence-electron chi connectivity index (χ2n) is 5.03. The van der Waals surface area contributed by atoms with Crippen molar-refractivity contribution in [3.8, 4) is 0 Å². The number of thiophene rings is 1. The molecule has 2 aromatic heterocycles. The fraction of sp³-hybridized carbons (Fsp3) is 0.467. The molecule has 1 atom stereocenters. The number of aryl methyl sites for hydroxylation is 2. The normalized spacial score (nSPS) is 12.7. The minimum absolute atomic E-state index is 0.305. The van der Waals surface area contributed by atoms with Crippen LogP contribution in [0.15, 0.2) is 23.6 Å². The van der Waals surface area contributed by atoms with Gasteiger partial charge in [0.2, 0.25) is 0 Å². The molecule has 2 rings (SSSR count). The van der Waals surface area contributed by atoms with Crippen LogP contribution in [0.3, 0.4) is 0 Å². The molecule has 0 saturated heterocycles. The minimum Gasteiger partial charge on any atom is -0.362 e. The van der Waals surface area contributed by atoms with E-state index in [4.69, 9.17) is 0 Å². The average Bonchev–Trinajstić information content (AvgIpc) is 2.88. The molecular weight excluding hydrogens is 254 g/mol. The molecular formula is C15H21N3S. The van der Waals surface area contributed by atoms with Crippen LogP contribution in [0.4, 0.5) is 5.82 Å². The molecule has 2 aromatic rings. The van der Waals surface area contributed by atoms with E-state index in [1.165, 1.54) is 4.88 Å². The third kappa shape index (κ3) is 3.53. The molecule has 0 radical (unpaired) electrons. The molecule has 1 unspecified atom stereocenters. The van der Waals surface area contributed by atoms with Gasteiger partial charge in [-0.2, -0.15) is 0 Å². The van der Waals surface area contributed by atoms with Gasteiger partial charge in [0.15, 0.2) is 0 Å². The van der Waals surface area contributed by atoms with Crippen molar-refractivity contribution in [2.45, 2.75) is 40.2 Å². The highest BCUT2D eigenvalue weighted by Gasteiger charge is 2.17. The van der Waals surface area contributed by atoms with Crippen LogP contribution in [0.5, 0.6) is 0 Å². The summed E-state index contributed by atoms with van der Waals surface area (Å²) in [5, 5.41) is 5.68. The average molecular weight is 275 g/mol. The monoisotopic (exact) mass is 275 g/mol. The van der Waals surface area contributed by atoms with E-state index in [2.05, 4.69) is 59.6 Å². The van der Waals surface area contributed by atoms with Crippen LogP contribution < -0.4 is 5.32 Å². The van der Waals surface area contributed by atoms with Gasteiger partial charge in [0.05, 0.1) is 6.04 Å².